The Labute approximate surface area is 151 Å². The molecule has 2 rings (SSSR count). The average molecular weight is 359 g/mol. The summed E-state index contributed by atoms with van der Waals surface area (Å²) >= 11 is 0. The first kappa shape index (κ1) is 19.5. The lowest BCUT2D eigenvalue weighted by atomic mass is 10.1. The number of hydrogen-bond acceptors (Lipinski definition) is 2. The third-order valence-electron chi connectivity index (χ3n) is 3.56. The maximum atomic E-state index is 13.6. The molecule has 0 radical (unpaired) electrons. The molecule has 0 fully saturated rings. The highest BCUT2D eigenvalue weighted by Crippen LogP contribution is 2.16. The van der Waals surface area contributed by atoms with Crippen molar-refractivity contribution in [3.8, 4) is 5.88 Å². The van der Waals surface area contributed by atoms with E-state index in [2.05, 4.69) is 11.6 Å². The minimum atomic E-state index is -0.673. The van der Waals surface area contributed by atoms with Gasteiger partial charge in [-0.15, -0.1) is 0 Å². The van der Waals surface area contributed by atoms with Gasteiger partial charge >= 0.3 is 0 Å². The van der Waals surface area contributed by atoms with E-state index in [-0.39, 0.29) is 12.2 Å². The van der Waals surface area contributed by atoms with Gasteiger partial charge in [-0.25, -0.2) is 18.2 Å². The second-order valence-electron chi connectivity index (χ2n) is 5.75. The van der Waals surface area contributed by atoms with Gasteiger partial charge in [-0.1, -0.05) is 36.4 Å². The van der Waals surface area contributed by atoms with Crippen molar-refractivity contribution in [2.24, 2.45) is 0 Å². The van der Waals surface area contributed by atoms with Crippen molar-refractivity contribution in [2.75, 3.05) is 6.67 Å². The molecule has 0 unspecified atom stereocenters. The summed E-state index contributed by atoms with van der Waals surface area (Å²) in [6.07, 6.45) is 5.52. The molecule has 1 aromatic carbocycles. The maximum absolute atomic E-state index is 13.6. The lowest BCUT2D eigenvalue weighted by Crippen LogP contribution is -2.02. The van der Waals surface area contributed by atoms with Gasteiger partial charge in [-0.05, 0) is 30.7 Å². The number of nitrogens with zero attached hydrogens (tertiary/aromatic N) is 1. The Balaban J connectivity index is 2.07. The fourth-order valence-electron chi connectivity index (χ4n) is 2.35. The first-order valence-corrected chi connectivity index (χ1v) is 8.09. The number of hydrogen-bond donors (Lipinski definition) is 0. The summed E-state index contributed by atoms with van der Waals surface area (Å²) in [4.78, 5) is 4.31. The van der Waals surface area contributed by atoms with Gasteiger partial charge < -0.3 is 4.74 Å². The fourth-order valence-corrected chi connectivity index (χ4v) is 2.35. The third-order valence-corrected chi connectivity index (χ3v) is 3.56. The molecule has 136 valence electrons. The number of rotatable bonds is 8. The first-order chi connectivity index (χ1) is 12.5. The number of benzene rings is 1. The normalized spacial score (nSPS) is 12.2. The molecule has 0 saturated carbocycles. The Hall–Kier alpha value is -2.82. The summed E-state index contributed by atoms with van der Waals surface area (Å²) in [5.41, 5.74) is 2.34. The molecule has 0 spiro atoms. The highest BCUT2D eigenvalue weighted by atomic mass is 19.1. The van der Waals surface area contributed by atoms with Crippen molar-refractivity contribution < 1.29 is 17.9 Å². The topological polar surface area (TPSA) is 22.1 Å². The van der Waals surface area contributed by atoms with Gasteiger partial charge in [0.1, 0.15) is 24.9 Å². The minimum absolute atomic E-state index is 0.0739. The zero-order valence-electron chi connectivity index (χ0n) is 14.5. The van der Waals surface area contributed by atoms with Crippen molar-refractivity contribution in [1.29, 1.82) is 0 Å². The van der Waals surface area contributed by atoms with E-state index in [1.807, 2.05) is 6.92 Å². The summed E-state index contributed by atoms with van der Waals surface area (Å²) in [6.45, 7) is 4.81. The first-order valence-electron chi connectivity index (χ1n) is 8.09. The van der Waals surface area contributed by atoms with Gasteiger partial charge in [0.2, 0.25) is 5.88 Å². The molecule has 0 aliphatic heterocycles. The predicted molar refractivity (Wildman–Crippen MR) is 96.6 cm³/mol. The van der Waals surface area contributed by atoms with Crippen LogP contribution in [0.3, 0.4) is 0 Å². The number of ether oxygens (including phenoxy) is 1. The molecular formula is C21H20F3NO. The van der Waals surface area contributed by atoms with Gasteiger partial charge in [0, 0.05) is 29.8 Å². The largest absolute Gasteiger partial charge is 0.473 e. The molecule has 5 heteroatoms. The molecule has 2 nitrogen and oxygen atoms in total. The Morgan fingerprint density at radius 2 is 2.04 bits per heavy atom. The summed E-state index contributed by atoms with van der Waals surface area (Å²) in [5.74, 6) is -1.02. The van der Waals surface area contributed by atoms with Crippen LogP contribution in [0.1, 0.15) is 18.2 Å². The number of alkyl halides is 1. The van der Waals surface area contributed by atoms with Crippen LogP contribution in [0.4, 0.5) is 13.2 Å². The quantitative estimate of drug-likeness (QED) is 0.580. The van der Waals surface area contributed by atoms with Crippen molar-refractivity contribution in [3.05, 3.63) is 95.2 Å². The Morgan fingerprint density at radius 3 is 2.73 bits per heavy atom. The smallest absolute Gasteiger partial charge is 0.213 e. The van der Waals surface area contributed by atoms with Crippen LogP contribution in [-0.4, -0.2) is 11.7 Å². The van der Waals surface area contributed by atoms with E-state index in [4.69, 9.17) is 4.74 Å². The molecule has 0 atom stereocenters. The average Bonchev–Trinajstić information content (AvgIpc) is 2.61. The Bertz CT molecular complexity index is 828. The molecular weight excluding hydrogens is 339 g/mol. The minimum Gasteiger partial charge on any atom is -0.473 e. The van der Waals surface area contributed by atoms with Gasteiger partial charge in [-0.3, -0.25) is 0 Å². The highest BCUT2D eigenvalue weighted by molar-refractivity contribution is 5.29. The summed E-state index contributed by atoms with van der Waals surface area (Å²) in [7, 11) is 0. The van der Waals surface area contributed by atoms with Crippen LogP contribution in [0.25, 0.3) is 0 Å². The van der Waals surface area contributed by atoms with E-state index in [0.29, 0.717) is 23.6 Å². The van der Waals surface area contributed by atoms with E-state index < -0.39 is 18.3 Å². The van der Waals surface area contributed by atoms with Crippen LogP contribution < -0.4 is 4.74 Å². The number of aromatic nitrogens is 1. The van der Waals surface area contributed by atoms with Crippen molar-refractivity contribution in [1.82, 2.24) is 4.98 Å². The Kier molecular flexibility index (Phi) is 7.21. The standard InChI is InChI=1S/C21H20F3NO/c1-3-5-15(2)10-16(13-22)11-19-6-4-7-21(25-19)26-14-17-8-9-18(23)12-20(17)24/h3-10,12H,1,11,13-14H2,2H3/b15-5-,16-10+. The number of halogens is 3. The fraction of sp³-hybridized carbons (Fsp3) is 0.190. The highest BCUT2D eigenvalue weighted by Gasteiger charge is 2.07. The lowest BCUT2D eigenvalue weighted by Gasteiger charge is -2.09. The second-order valence-corrected chi connectivity index (χ2v) is 5.75. The van der Waals surface area contributed by atoms with Gasteiger partial charge in [0.25, 0.3) is 0 Å². The van der Waals surface area contributed by atoms with Crippen LogP contribution >= 0.6 is 0 Å². The van der Waals surface area contributed by atoms with E-state index in [1.165, 1.54) is 12.1 Å². The number of pyridine rings is 1. The number of allylic oxidation sites excluding steroid dienone is 5. The van der Waals surface area contributed by atoms with E-state index in [1.54, 1.807) is 36.4 Å². The second kappa shape index (κ2) is 9.61. The van der Waals surface area contributed by atoms with Crippen LogP contribution in [0, 0.1) is 11.6 Å². The summed E-state index contributed by atoms with van der Waals surface area (Å²) in [6, 6.07) is 8.44. The molecule has 0 aliphatic rings. The van der Waals surface area contributed by atoms with E-state index >= 15 is 0 Å². The molecule has 26 heavy (non-hydrogen) atoms. The molecule has 1 heterocycles. The monoisotopic (exact) mass is 359 g/mol. The SMILES string of the molecule is C=C/C=C(C)\C=C(\CF)Cc1cccc(OCc2ccc(F)cc2F)n1. The van der Waals surface area contributed by atoms with Gasteiger partial charge in [0.15, 0.2) is 0 Å². The third kappa shape index (κ3) is 5.92. The van der Waals surface area contributed by atoms with E-state index in [0.717, 1.165) is 11.6 Å². The predicted octanol–water partition coefficient (Wildman–Crippen LogP) is 5.51. The van der Waals surface area contributed by atoms with Crippen molar-refractivity contribution in [3.63, 3.8) is 0 Å². The molecule has 0 aliphatic carbocycles. The van der Waals surface area contributed by atoms with Crippen LogP contribution in [-0.2, 0) is 13.0 Å². The summed E-state index contributed by atoms with van der Waals surface area (Å²) < 4.78 is 45.3. The van der Waals surface area contributed by atoms with Crippen LogP contribution in [0.2, 0.25) is 0 Å². The summed E-state index contributed by atoms with van der Waals surface area (Å²) in [5, 5.41) is 0. The molecule has 0 amide bonds. The lowest BCUT2D eigenvalue weighted by molar-refractivity contribution is 0.287. The van der Waals surface area contributed by atoms with Gasteiger partial charge in [-0.2, -0.15) is 0 Å². The molecule has 1 aromatic heterocycles. The van der Waals surface area contributed by atoms with Crippen LogP contribution in [0.5, 0.6) is 5.88 Å². The molecule has 0 saturated heterocycles. The molecule has 0 bridgehead atoms. The van der Waals surface area contributed by atoms with Gasteiger partial charge in [0.05, 0.1) is 0 Å². The van der Waals surface area contributed by atoms with Crippen molar-refractivity contribution >= 4 is 0 Å². The zero-order valence-corrected chi connectivity index (χ0v) is 14.5. The zero-order chi connectivity index (χ0) is 18.9. The Morgan fingerprint density at radius 1 is 1.23 bits per heavy atom. The molecule has 0 N–H and O–H groups in total. The van der Waals surface area contributed by atoms with Crippen molar-refractivity contribution in [2.45, 2.75) is 20.0 Å². The molecule has 2 aromatic rings. The van der Waals surface area contributed by atoms with Crippen LogP contribution in [0.15, 0.2) is 72.4 Å². The maximum Gasteiger partial charge on any atom is 0.213 e. The van der Waals surface area contributed by atoms with E-state index in [9.17, 15) is 13.2 Å².